The third kappa shape index (κ3) is 8.28. The molecule has 372 valence electrons. The summed E-state index contributed by atoms with van der Waals surface area (Å²) in [6.07, 6.45) is -7.22. The van der Waals surface area contributed by atoms with E-state index in [1.807, 2.05) is 42.5 Å². The summed E-state index contributed by atoms with van der Waals surface area (Å²) in [6.45, 7) is 0. The molecule has 0 saturated heterocycles. The zero-order valence-electron chi connectivity index (χ0n) is 34.9. The van der Waals surface area contributed by atoms with Gasteiger partial charge in [-0.3, -0.25) is 0 Å². The topological polar surface area (TPSA) is 9.23 Å². The molecule has 0 aromatic heterocycles. The van der Waals surface area contributed by atoms with Crippen LogP contribution in [0.15, 0.2) is 120 Å². The highest BCUT2D eigenvalue weighted by Gasteiger charge is 2.53. The van der Waals surface area contributed by atoms with Crippen molar-refractivity contribution < 1.29 is 92.3 Å². The van der Waals surface area contributed by atoms with Gasteiger partial charge in [0.25, 0.3) is 7.49 Å². The summed E-state index contributed by atoms with van der Waals surface area (Å²) in [4.78, 5) is 0.838. The van der Waals surface area contributed by atoms with E-state index < -0.39 is 152 Å². The zero-order valence-corrected chi connectivity index (χ0v) is 36.7. The van der Waals surface area contributed by atoms with Crippen LogP contribution >= 0.6 is 20.1 Å². The second kappa shape index (κ2) is 20.3. The average Bonchev–Trinajstić information content (AvgIpc) is 3.39. The third-order valence-corrected chi connectivity index (χ3v) is 15.1. The molecule has 0 aliphatic heterocycles. The lowest BCUT2D eigenvalue weighted by Gasteiger charge is -2.44. The molecule has 1 nitrogen and oxygen atoms in total. The van der Waals surface area contributed by atoms with Gasteiger partial charge < -0.3 is 4.52 Å². The van der Waals surface area contributed by atoms with E-state index in [-0.39, 0.29) is 0 Å². The molecule has 0 saturated carbocycles. The standard InChI is InChI=1S/C24BF20.C24H19OPS/c26-5-1(6(27)14(35)21(42)13(5)34)25(2-7(28)15(36)22(43)16(37)8(2)29,3-9(30)17(38)23(44)18(39)10(3)31)4-11(32)19(40)24(45)20(41)12(4)33;27-24-19-11-10-18-23(24)25-26(20-12-4-1-5-13-20,21-14-6-2-7-15-21)22-16-8-3-9-17-22/h;1-19H/q-1;/p+1. The van der Waals surface area contributed by atoms with Gasteiger partial charge in [0, 0.05) is 0 Å². The van der Waals surface area contributed by atoms with Gasteiger partial charge in [0.05, 0.1) is 4.90 Å². The first-order chi connectivity index (χ1) is 34.0. The van der Waals surface area contributed by atoms with Crippen molar-refractivity contribution in [3.8, 4) is 5.75 Å². The van der Waals surface area contributed by atoms with Gasteiger partial charge in [-0.15, -0.1) is 34.5 Å². The van der Waals surface area contributed by atoms with Crippen molar-refractivity contribution in [2.24, 2.45) is 0 Å². The number of halogens is 20. The molecule has 8 rings (SSSR count). The highest BCUT2D eigenvalue weighted by atomic mass is 32.1. The fraction of sp³-hybridized carbons (Fsp3) is 0. The Bertz CT molecular complexity index is 2930. The smallest absolute Gasteiger partial charge is 0.287 e. The lowest BCUT2D eigenvalue weighted by Crippen LogP contribution is -2.81. The number of thiol groups is 1. The Hall–Kier alpha value is -7.00. The van der Waals surface area contributed by atoms with Crippen LogP contribution in [0.4, 0.5) is 87.8 Å². The maximum Gasteiger partial charge on any atom is 0.287 e. The predicted octanol–water partition coefficient (Wildman–Crippen LogP) is 11.1. The number of rotatable bonds is 9. The molecule has 8 aromatic rings. The largest absolute Gasteiger partial charge is 0.333 e. The van der Waals surface area contributed by atoms with Crippen LogP contribution in [-0.4, -0.2) is 6.15 Å². The molecule has 0 amide bonds. The van der Waals surface area contributed by atoms with Crippen molar-refractivity contribution in [3.63, 3.8) is 0 Å². The van der Waals surface area contributed by atoms with Gasteiger partial charge in [0.1, 0.15) is 68.6 Å². The number of benzene rings is 8. The quantitative estimate of drug-likeness (QED) is 0.0379. The van der Waals surface area contributed by atoms with Crippen LogP contribution < -0.4 is 42.3 Å². The molecule has 0 unspecified atom stereocenters. The minimum Gasteiger partial charge on any atom is -0.333 e. The minimum absolute atomic E-state index is 0.797. The summed E-state index contributed by atoms with van der Waals surface area (Å²) in [7, 11) is -2.35. The highest BCUT2D eigenvalue weighted by Crippen LogP contribution is 2.57. The van der Waals surface area contributed by atoms with E-state index in [1.54, 1.807) is 0 Å². The molecule has 0 fully saturated rings. The van der Waals surface area contributed by atoms with Gasteiger partial charge in [0.15, 0.2) is 75.6 Å². The van der Waals surface area contributed by atoms with Crippen molar-refractivity contribution in [1.29, 1.82) is 0 Å². The van der Waals surface area contributed by atoms with Gasteiger partial charge in [-0.2, -0.15) is 0 Å². The zero-order chi connectivity index (χ0) is 52.9. The van der Waals surface area contributed by atoms with E-state index in [1.165, 1.54) is 15.9 Å². The van der Waals surface area contributed by atoms with Crippen molar-refractivity contribution >= 4 is 64.0 Å². The summed E-state index contributed by atoms with van der Waals surface area (Å²) in [5.74, 6) is -70.6. The molecular weight excluding hydrogens is 1050 g/mol. The Morgan fingerprint density at radius 1 is 0.264 bits per heavy atom. The molecule has 0 atom stereocenters. The number of para-hydroxylation sites is 1. The van der Waals surface area contributed by atoms with Crippen molar-refractivity contribution in [1.82, 2.24) is 0 Å². The van der Waals surface area contributed by atoms with Gasteiger partial charge in [-0.05, 0) is 48.5 Å². The Morgan fingerprint density at radius 2 is 0.458 bits per heavy atom. The highest BCUT2D eigenvalue weighted by molar-refractivity contribution is 7.92. The van der Waals surface area contributed by atoms with Gasteiger partial charge >= 0.3 is 0 Å². The van der Waals surface area contributed by atoms with Crippen LogP contribution in [0.2, 0.25) is 0 Å². The van der Waals surface area contributed by atoms with Gasteiger partial charge in [-0.1, -0.05) is 66.7 Å². The molecular formula is C48H20BF20OPS. The maximum absolute atomic E-state index is 15.4. The van der Waals surface area contributed by atoms with Crippen LogP contribution in [0.5, 0.6) is 5.75 Å². The first-order valence-electron chi connectivity index (χ1n) is 19.8. The fourth-order valence-corrected chi connectivity index (χ4v) is 11.8. The fourth-order valence-electron chi connectivity index (χ4n) is 8.08. The molecule has 0 spiro atoms. The van der Waals surface area contributed by atoms with Crippen LogP contribution in [0, 0.1) is 116 Å². The Kier molecular flexibility index (Phi) is 14.9. The molecule has 0 bridgehead atoms. The van der Waals surface area contributed by atoms with Crippen LogP contribution in [0.3, 0.4) is 0 Å². The van der Waals surface area contributed by atoms with E-state index in [9.17, 15) is 52.7 Å². The first-order valence-corrected chi connectivity index (χ1v) is 21.9. The summed E-state index contributed by atoms with van der Waals surface area (Å²) in [5, 5.41) is 3.54. The SMILES string of the molecule is Fc1c(F)c(F)c([B-](c2c(F)c(F)c(F)c(F)c2F)(c2c(F)c(F)c(F)c(F)c2F)c2c(F)c(F)c(F)c(F)c2F)c(F)c1F.Sc1ccccc1O[P+](c1ccccc1)(c1ccccc1)c1ccccc1. The molecule has 72 heavy (non-hydrogen) atoms. The van der Waals surface area contributed by atoms with Crippen molar-refractivity contribution in [2.45, 2.75) is 4.90 Å². The number of hydrogen-bond donors (Lipinski definition) is 1. The van der Waals surface area contributed by atoms with Crippen molar-refractivity contribution in [3.05, 3.63) is 232 Å². The summed E-state index contributed by atoms with van der Waals surface area (Å²) in [5.41, 5.74) is -14.3. The maximum atomic E-state index is 15.4. The van der Waals surface area contributed by atoms with E-state index in [0.29, 0.717) is 0 Å². The molecule has 0 radical (unpaired) electrons. The molecule has 0 heterocycles. The molecule has 0 aliphatic rings. The lowest BCUT2D eigenvalue weighted by molar-refractivity contribution is 0.378. The van der Waals surface area contributed by atoms with E-state index in [0.717, 1.165) is 10.6 Å². The van der Waals surface area contributed by atoms with E-state index >= 15 is 35.1 Å². The first kappa shape index (κ1) is 52.8. The monoisotopic (exact) mass is 1070 g/mol. The molecule has 0 N–H and O–H groups in total. The van der Waals surface area contributed by atoms with Crippen LogP contribution in [-0.2, 0) is 0 Å². The summed E-state index contributed by atoms with van der Waals surface area (Å²) < 4.78 is 301. The summed E-state index contributed by atoms with van der Waals surface area (Å²) in [6, 6.07) is 39.5. The van der Waals surface area contributed by atoms with E-state index in [4.69, 9.17) is 4.52 Å². The predicted molar refractivity (Wildman–Crippen MR) is 229 cm³/mol. The average molecular weight is 1070 g/mol. The van der Waals surface area contributed by atoms with E-state index in [2.05, 4.69) is 85.4 Å². The van der Waals surface area contributed by atoms with Crippen LogP contribution in [0.25, 0.3) is 0 Å². The molecule has 0 aliphatic carbocycles. The lowest BCUT2D eigenvalue weighted by atomic mass is 9.12. The molecule has 24 heteroatoms. The Labute approximate surface area is 397 Å². The minimum atomic E-state index is -7.22. The normalized spacial score (nSPS) is 11.7. The van der Waals surface area contributed by atoms with Gasteiger partial charge in [0.2, 0.25) is 0 Å². The second-order valence-electron chi connectivity index (χ2n) is 15.0. The third-order valence-electron chi connectivity index (χ3n) is 11.2. The molecule has 8 aromatic carbocycles. The Morgan fingerprint density at radius 3 is 0.681 bits per heavy atom. The number of hydrogen-bond acceptors (Lipinski definition) is 2. The van der Waals surface area contributed by atoms with Crippen LogP contribution in [0.1, 0.15) is 0 Å². The van der Waals surface area contributed by atoms with Gasteiger partial charge in [-0.25, -0.2) is 87.8 Å². The Balaban J connectivity index is 0.000000238. The van der Waals surface area contributed by atoms with Crippen molar-refractivity contribution in [2.75, 3.05) is 0 Å². The second-order valence-corrected chi connectivity index (χ2v) is 18.4. The summed E-state index contributed by atoms with van der Waals surface area (Å²) >= 11 is 4.64.